The van der Waals surface area contributed by atoms with Gasteiger partial charge in [0, 0.05) is 44.9 Å². The first-order valence-electron chi connectivity index (χ1n) is 8.08. The Bertz CT molecular complexity index is 578. The monoisotopic (exact) mass is 323 g/mol. The molecule has 0 aromatic heterocycles. The van der Waals surface area contributed by atoms with Gasteiger partial charge in [-0.3, -0.25) is 15.0 Å². The molecule has 2 heterocycles. The van der Waals surface area contributed by atoms with Crippen LogP contribution in [0.3, 0.4) is 0 Å². The zero-order chi connectivity index (χ0) is 16.4. The molecule has 0 saturated carbocycles. The molecular formula is C16H22FN3O3. The third-order valence-corrected chi connectivity index (χ3v) is 4.81. The second kappa shape index (κ2) is 6.80. The Kier molecular flexibility index (Phi) is 4.77. The van der Waals surface area contributed by atoms with Crippen LogP contribution in [0.2, 0.25) is 0 Å². The maximum absolute atomic E-state index is 13.3. The Morgan fingerprint density at radius 2 is 2.04 bits per heavy atom. The fourth-order valence-electron chi connectivity index (χ4n) is 3.61. The van der Waals surface area contributed by atoms with E-state index in [1.165, 1.54) is 12.1 Å². The summed E-state index contributed by atoms with van der Waals surface area (Å²) >= 11 is 0. The van der Waals surface area contributed by atoms with Gasteiger partial charge in [0.05, 0.1) is 11.0 Å². The summed E-state index contributed by atoms with van der Waals surface area (Å²) in [5, 5.41) is 11.2. The van der Waals surface area contributed by atoms with Gasteiger partial charge in [-0.05, 0) is 31.9 Å². The van der Waals surface area contributed by atoms with Crippen LogP contribution in [-0.4, -0.2) is 54.8 Å². The van der Waals surface area contributed by atoms with Crippen molar-refractivity contribution in [1.29, 1.82) is 0 Å². The van der Waals surface area contributed by atoms with Gasteiger partial charge in [-0.2, -0.15) is 0 Å². The highest BCUT2D eigenvalue weighted by Crippen LogP contribution is 2.32. The number of nitrogens with zero attached hydrogens (tertiary/aromatic N) is 3. The van der Waals surface area contributed by atoms with Gasteiger partial charge in [0.1, 0.15) is 11.5 Å². The third kappa shape index (κ3) is 3.45. The summed E-state index contributed by atoms with van der Waals surface area (Å²) in [5.74, 6) is -0.575. The minimum Gasteiger partial charge on any atom is -0.381 e. The summed E-state index contributed by atoms with van der Waals surface area (Å²) < 4.78 is 18.7. The molecule has 23 heavy (non-hydrogen) atoms. The highest BCUT2D eigenvalue weighted by Gasteiger charge is 2.32. The minimum atomic E-state index is -0.575. The van der Waals surface area contributed by atoms with Crippen molar-refractivity contribution in [1.82, 2.24) is 4.90 Å². The van der Waals surface area contributed by atoms with Gasteiger partial charge in [0.15, 0.2) is 0 Å². The molecule has 126 valence electrons. The number of benzene rings is 1. The van der Waals surface area contributed by atoms with Crippen LogP contribution in [0.1, 0.15) is 19.8 Å². The molecule has 2 aliphatic rings. The van der Waals surface area contributed by atoms with E-state index < -0.39 is 10.7 Å². The Balaban J connectivity index is 1.74. The van der Waals surface area contributed by atoms with E-state index in [1.54, 1.807) is 0 Å². The highest BCUT2D eigenvalue weighted by molar-refractivity contribution is 5.64. The number of anilines is 1. The number of hydrogen-bond donors (Lipinski definition) is 0. The number of nitro groups is 1. The molecule has 1 aromatic rings. The molecule has 0 radical (unpaired) electrons. The fourth-order valence-corrected chi connectivity index (χ4v) is 3.61. The zero-order valence-electron chi connectivity index (χ0n) is 13.3. The molecule has 6 nitrogen and oxygen atoms in total. The molecular weight excluding hydrogens is 301 g/mol. The van der Waals surface area contributed by atoms with Gasteiger partial charge in [-0.15, -0.1) is 0 Å². The maximum Gasteiger partial charge on any atom is 0.295 e. The van der Waals surface area contributed by atoms with Crippen LogP contribution in [-0.2, 0) is 4.74 Å². The Labute approximate surface area is 135 Å². The summed E-state index contributed by atoms with van der Waals surface area (Å²) in [6.45, 7) is 6.12. The normalized spacial score (nSPS) is 23.9. The first kappa shape index (κ1) is 16.1. The molecule has 0 spiro atoms. The van der Waals surface area contributed by atoms with Crippen molar-refractivity contribution < 1.29 is 14.1 Å². The van der Waals surface area contributed by atoms with Crippen LogP contribution >= 0.6 is 0 Å². The van der Waals surface area contributed by atoms with Crippen molar-refractivity contribution in [2.45, 2.75) is 31.8 Å². The van der Waals surface area contributed by atoms with Crippen molar-refractivity contribution in [3.05, 3.63) is 34.1 Å². The van der Waals surface area contributed by atoms with Gasteiger partial charge in [0.2, 0.25) is 0 Å². The SMILES string of the molecule is C[C@@H]1CN(C2CCOCC2)CCN1c1ccc(F)cc1[N+](=O)[O-]. The summed E-state index contributed by atoms with van der Waals surface area (Å²) in [5.41, 5.74) is 0.354. The van der Waals surface area contributed by atoms with Crippen LogP contribution in [0.4, 0.5) is 15.8 Å². The van der Waals surface area contributed by atoms with Crippen LogP contribution < -0.4 is 4.90 Å². The molecule has 2 fully saturated rings. The number of rotatable bonds is 3. The third-order valence-electron chi connectivity index (χ3n) is 4.81. The molecule has 0 aliphatic carbocycles. The lowest BCUT2D eigenvalue weighted by Gasteiger charge is -2.45. The average Bonchev–Trinajstić information content (AvgIpc) is 2.56. The van der Waals surface area contributed by atoms with Crippen molar-refractivity contribution in [2.24, 2.45) is 0 Å². The maximum atomic E-state index is 13.3. The summed E-state index contributed by atoms with van der Waals surface area (Å²) in [6, 6.07) is 4.51. The average molecular weight is 323 g/mol. The first-order valence-corrected chi connectivity index (χ1v) is 8.08. The second-order valence-electron chi connectivity index (χ2n) is 6.27. The molecule has 0 N–H and O–H groups in total. The van der Waals surface area contributed by atoms with Crippen molar-refractivity contribution >= 4 is 11.4 Å². The van der Waals surface area contributed by atoms with E-state index in [0.29, 0.717) is 18.3 Å². The van der Waals surface area contributed by atoms with E-state index in [-0.39, 0.29) is 11.7 Å². The smallest absolute Gasteiger partial charge is 0.295 e. The van der Waals surface area contributed by atoms with E-state index >= 15 is 0 Å². The summed E-state index contributed by atoms with van der Waals surface area (Å²) in [7, 11) is 0. The number of halogens is 1. The fraction of sp³-hybridized carbons (Fsp3) is 0.625. The molecule has 2 aliphatic heterocycles. The van der Waals surface area contributed by atoms with Crippen molar-refractivity contribution in [3.63, 3.8) is 0 Å². The van der Waals surface area contributed by atoms with Crippen molar-refractivity contribution in [2.75, 3.05) is 37.7 Å². The Morgan fingerprint density at radius 3 is 2.70 bits per heavy atom. The predicted molar refractivity (Wildman–Crippen MR) is 85.3 cm³/mol. The molecule has 1 atom stereocenters. The van der Waals surface area contributed by atoms with Gasteiger partial charge in [0.25, 0.3) is 5.69 Å². The number of hydrogen-bond acceptors (Lipinski definition) is 5. The first-order chi connectivity index (χ1) is 11.1. The van der Waals surface area contributed by atoms with Gasteiger partial charge >= 0.3 is 0 Å². The molecule has 2 saturated heterocycles. The predicted octanol–water partition coefficient (Wildman–Crippen LogP) is 2.42. The summed E-state index contributed by atoms with van der Waals surface area (Å²) in [6.07, 6.45) is 2.09. The molecule has 7 heteroatoms. The number of ether oxygens (including phenoxy) is 1. The Morgan fingerprint density at radius 1 is 1.30 bits per heavy atom. The lowest BCUT2D eigenvalue weighted by molar-refractivity contribution is -0.384. The van der Waals surface area contributed by atoms with Crippen LogP contribution in [0.15, 0.2) is 18.2 Å². The zero-order valence-corrected chi connectivity index (χ0v) is 13.3. The molecule has 1 aromatic carbocycles. The van der Waals surface area contributed by atoms with Crippen LogP contribution in [0.5, 0.6) is 0 Å². The summed E-state index contributed by atoms with van der Waals surface area (Å²) in [4.78, 5) is 15.2. The molecule has 0 unspecified atom stereocenters. The molecule has 3 rings (SSSR count). The van der Waals surface area contributed by atoms with Gasteiger partial charge in [-0.1, -0.05) is 0 Å². The van der Waals surface area contributed by atoms with E-state index in [9.17, 15) is 14.5 Å². The highest BCUT2D eigenvalue weighted by atomic mass is 19.1. The topological polar surface area (TPSA) is 58.8 Å². The molecule has 0 amide bonds. The van der Waals surface area contributed by atoms with E-state index in [4.69, 9.17) is 4.74 Å². The van der Waals surface area contributed by atoms with E-state index in [1.807, 2.05) is 4.90 Å². The number of nitro benzene ring substituents is 1. The van der Waals surface area contributed by atoms with Crippen LogP contribution in [0, 0.1) is 15.9 Å². The van der Waals surface area contributed by atoms with Crippen molar-refractivity contribution in [3.8, 4) is 0 Å². The van der Waals surface area contributed by atoms with Gasteiger partial charge in [-0.25, -0.2) is 4.39 Å². The lowest BCUT2D eigenvalue weighted by Crippen LogP contribution is -2.56. The van der Waals surface area contributed by atoms with Gasteiger partial charge < -0.3 is 9.64 Å². The largest absolute Gasteiger partial charge is 0.381 e. The van der Waals surface area contributed by atoms with E-state index in [0.717, 1.165) is 45.2 Å². The lowest BCUT2D eigenvalue weighted by atomic mass is 10.0. The molecule has 0 bridgehead atoms. The quantitative estimate of drug-likeness (QED) is 0.631. The second-order valence-corrected chi connectivity index (χ2v) is 6.27. The minimum absolute atomic E-state index is 0.149. The Hall–Kier alpha value is -1.73. The number of piperazine rings is 1. The van der Waals surface area contributed by atoms with Crippen LogP contribution in [0.25, 0.3) is 0 Å². The van der Waals surface area contributed by atoms with E-state index in [2.05, 4.69) is 11.8 Å². The standard InChI is InChI=1S/C16H22FN3O3/c1-12-11-18(14-4-8-23-9-5-14)6-7-19(12)15-3-2-13(17)10-16(15)20(21)22/h2-3,10,12,14H,4-9,11H2,1H3/t12-/m1/s1.